The zero-order valence-electron chi connectivity index (χ0n) is 27.9. The van der Waals surface area contributed by atoms with Gasteiger partial charge in [-0.05, 0) is 56.7 Å². The maximum Gasteiger partial charge on any atom is 0.329 e. The highest BCUT2D eigenvalue weighted by atomic mass is 19.1. The van der Waals surface area contributed by atoms with Crippen LogP contribution in [0.4, 0.5) is 31.2 Å². The molecule has 0 bridgehead atoms. The molecule has 2 N–H and O–H groups in total. The van der Waals surface area contributed by atoms with Crippen molar-refractivity contribution >= 4 is 40.6 Å². The molecule has 14 nitrogen and oxygen atoms in total. The zero-order valence-corrected chi connectivity index (χ0v) is 27.9. The fourth-order valence-electron chi connectivity index (χ4n) is 6.35. The van der Waals surface area contributed by atoms with E-state index in [4.69, 9.17) is 0 Å². The molecule has 258 valence electrons. The van der Waals surface area contributed by atoms with Crippen LogP contribution >= 0.6 is 0 Å². The van der Waals surface area contributed by atoms with E-state index in [1.807, 2.05) is 43.5 Å². The number of urea groups is 1. The van der Waals surface area contributed by atoms with Crippen LogP contribution in [-0.2, 0) is 17.9 Å². The predicted molar refractivity (Wildman–Crippen MR) is 181 cm³/mol. The van der Waals surface area contributed by atoms with Crippen LogP contribution in [-0.4, -0.2) is 89.2 Å². The van der Waals surface area contributed by atoms with Gasteiger partial charge in [-0.2, -0.15) is 5.10 Å². The highest BCUT2D eigenvalue weighted by Gasteiger charge is 2.26. The molecule has 0 atom stereocenters. The Balaban J connectivity index is 0.934. The lowest BCUT2D eigenvalue weighted by Gasteiger charge is -2.34. The van der Waals surface area contributed by atoms with E-state index in [0.717, 1.165) is 50.2 Å². The van der Waals surface area contributed by atoms with Gasteiger partial charge in [-0.1, -0.05) is 6.07 Å². The Kier molecular flexibility index (Phi) is 9.12. The van der Waals surface area contributed by atoms with Crippen molar-refractivity contribution in [2.45, 2.75) is 46.3 Å². The minimum Gasteiger partial charge on any atom is -0.326 e. The number of imidazole rings is 1. The second-order valence-electron chi connectivity index (χ2n) is 12.7. The summed E-state index contributed by atoms with van der Waals surface area (Å²) in [7, 11) is 0. The molecule has 2 saturated heterocycles. The molecule has 2 fully saturated rings. The number of imide groups is 1. The second-order valence-corrected chi connectivity index (χ2v) is 12.7. The molecular weight excluding hydrogens is 646 g/mol. The number of fused-ring (bicyclic) bond motifs is 1. The topological polar surface area (TPSA) is 150 Å². The molecule has 4 aromatic heterocycles. The van der Waals surface area contributed by atoms with Gasteiger partial charge in [-0.3, -0.25) is 24.8 Å². The van der Waals surface area contributed by atoms with Crippen LogP contribution in [0.25, 0.3) is 22.3 Å². The molecule has 5 aromatic rings. The van der Waals surface area contributed by atoms with Crippen molar-refractivity contribution in [3.63, 3.8) is 0 Å². The summed E-state index contributed by atoms with van der Waals surface area (Å²) in [5.74, 6) is 0.228. The standard InChI is InChI=1S/C34H36F2N12O2/c1-20(2)48-21(3)39-32-25(35)14-23(15-27(32)48)31-26(36)17-38-33(42-31)40-28-6-4-22(16-37-28)18-45-10-12-46(13-11-45)19-24-5-7-29(44-43-24)47-9-8-30(49)41-34(47)50/h4-7,14-17,20H,8-13,18-19H2,1-3H3,(H,41,49,50)(H,37,38,40,42). The van der Waals surface area contributed by atoms with Crippen LogP contribution in [0.15, 0.2) is 48.8 Å². The van der Waals surface area contributed by atoms with E-state index >= 15 is 4.39 Å². The Hall–Kier alpha value is -5.48. The summed E-state index contributed by atoms with van der Waals surface area (Å²) in [5, 5.41) is 13.8. The molecular formula is C34H36F2N12O2. The molecule has 0 radical (unpaired) electrons. The molecule has 7 rings (SSSR count). The minimum atomic E-state index is -0.668. The maximum atomic E-state index is 15.1. The first-order valence-corrected chi connectivity index (χ1v) is 16.4. The summed E-state index contributed by atoms with van der Waals surface area (Å²) in [5.41, 5.74) is 2.92. The first-order chi connectivity index (χ1) is 24.1. The van der Waals surface area contributed by atoms with E-state index in [2.05, 4.69) is 50.6 Å². The fraction of sp³-hybridized carbons (Fsp3) is 0.353. The van der Waals surface area contributed by atoms with Crippen LogP contribution < -0.4 is 15.5 Å². The quantitative estimate of drug-likeness (QED) is 0.228. The van der Waals surface area contributed by atoms with Crippen molar-refractivity contribution in [1.29, 1.82) is 0 Å². The van der Waals surface area contributed by atoms with Gasteiger partial charge in [0.05, 0.1) is 17.4 Å². The van der Waals surface area contributed by atoms with E-state index in [-0.39, 0.29) is 47.6 Å². The third-order valence-corrected chi connectivity index (χ3v) is 8.82. The number of hydrogen-bond acceptors (Lipinski definition) is 11. The number of nitrogens with zero attached hydrogens (tertiary/aromatic N) is 10. The average molecular weight is 683 g/mol. The van der Waals surface area contributed by atoms with E-state index in [9.17, 15) is 14.0 Å². The van der Waals surface area contributed by atoms with Crippen LogP contribution in [0.5, 0.6) is 0 Å². The van der Waals surface area contributed by atoms with Gasteiger partial charge in [0.25, 0.3) is 0 Å². The first-order valence-electron chi connectivity index (χ1n) is 16.4. The van der Waals surface area contributed by atoms with Crippen LogP contribution in [0, 0.1) is 18.6 Å². The largest absolute Gasteiger partial charge is 0.329 e. The molecule has 2 aliphatic heterocycles. The van der Waals surface area contributed by atoms with E-state index in [0.29, 0.717) is 29.5 Å². The molecule has 0 saturated carbocycles. The molecule has 2 aliphatic rings. The van der Waals surface area contributed by atoms with Gasteiger partial charge in [0.1, 0.15) is 22.9 Å². The van der Waals surface area contributed by atoms with E-state index < -0.39 is 17.7 Å². The lowest BCUT2D eigenvalue weighted by Crippen LogP contribution is -2.50. The van der Waals surface area contributed by atoms with E-state index in [1.165, 1.54) is 11.0 Å². The van der Waals surface area contributed by atoms with Gasteiger partial charge in [0.15, 0.2) is 17.5 Å². The number of piperazine rings is 1. The SMILES string of the molecule is Cc1nc2c(F)cc(-c3nc(Nc4ccc(CN5CCN(Cc6ccc(N7CCC(=O)NC7=O)nn6)CC5)cn4)ncc3F)cc2n1C(C)C. The zero-order chi connectivity index (χ0) is 34.9. The van der Waals surface area contributed by atoms with E-state index in [1.54, 1.807) is 18.3 Å². The molecule has 0 unspecified atom stereocenters. The van der Waals surface area contributed by atoms with Gasteiger partial charge in [0.2, 0.25) is 11.9 Å². The molecule has 1 aromatic carbocycles. The van der Waals surface area contributed by atoms with Gasteiger partial charge in [0, 0.05) is 70.0 Å². The summed E-state index contributed by atoms with van der Waals surface area (Å²) in [6, 6.07) is 9.92. The van der Waals surface area contributed by atoms with Crippen molar-refractivity contribution < 1.29 is 18.4 Å². The minimum absolute atomic E-state index is 0.0255. The van der Waals surface area contributed by atoms with Crippen molar-refractivity contribution in [3.05, 3.63) is 77.5 Å². The number of amides is 3. The summed E-state index contributed by atoms with van der Waals surface area (Å²) < 4.78 is 31.9. The number of aryl methyl sites for hydroxylation is 1. The Morgan fingerprint density at radius 3 is 2.34 bits per heavy atom. The predicted octanol–water partition coefficient (Wildman–Crippen LogP) is 4.35. The molecule has 0 spiro atoms. The second kappa shape index (κ2) is 13.8. The third-order valence-electron chi connectivity index (χ3n) is 8.82. The molecule has 3 amide bonds. The highest BCUT2D eigenvalue weighted by molar-refractivity contribution is 6.05. The summed E-state index contributed by atoms with van der Waals surface area (Å²) in [6.07, 6.45) is 3.08. The summed E-state index contributed by atoms with van der Waals surface area (Å²) in [4.78, 5) is 46.9. The van der Waals surface area contributed by atoms with Crippen molar-refractivity contribution in [2.75, 3.05) is 42.9 Å². The Bertz CT molecular complexity index is 2040. The molecule has 16 heteroatoms. The van der Waals surface area contributed by atoms with Crippen molar-refractivity contribution in [1.82, 2.24) is 49.8 Å². The highest BCUT2D eigenvalue weighted by Crippen LogP contribution is 2.30. The lowest BCUT2D eigenvalue weighted by atomic mass is 10.1. The van der Waals surface area contributed by atoms with Gasteiger partial charge >= 0.3 is 6.03 Å². The Morgan fingerprint density at radius 2 is 1.66 bits per heavy atom. The lowest BCUT2D eigenvalue weighted by molar-refractivity contribution is -0.120. The normalized spacial score (nSPS) is 16.0. The monoisotopic (exact) mass is 682 g/mol. The number of nitrogens with one attached hydrogen (secondary N) is 2. The van der Waals surface area contributed by atoms with Gasteiger partial charge < -0.3 is 9.88 Å². The van der Waals surface area contributed by atoms with Crippen molar-refractivity contribution in [2.24, 2.45) is 0 Å². The number of carbonyl (C=O) groups is 2. The number of rotatable bonds is 9. The summed E-state index contributed by atoms with van der Waals surface area (Å²) in [6.45, 7) is 10.9. The Labute approximate surface area is 286 Å². The fourth-order valence-corrected chi connectivity index (χ4v) is 6.35. The molecule has 6 heterocycles. The molecule has 0 aliphatic carbocycles. The van der Waals surface area contributed by atoms with Crippen LogP contribution in [0.3, 0.4) is 0 Å². The smallest absolute Gasteiger partial charge is 0.326 e. The van der Waals surface area contributed by atoms with Gasteiger partial charge in [-0.15, -0.1) is 5.10 Å². The first kappa shape index (κ1) is 33.0. The number of hydrogen-bond donors (Lipinski definition) is 2. The molecule has 50 heavy (non-hydrogen) atoms. The third kappa shape index (κ3) is 6.97. The number of anilines is 3. The summed E-state index contributed by atoms with van der Waals surface area (Å²) >= 11 is 0. The average Bonchev–Trinajstić information content (AvgIpc) is 3.44. The number of pyridine rings is 1. The number of aromatic nitrogens is 7. The number of halogens is 2. The van der Waals surface area contributed by atoms with Gasteiger partial charge in [-0.25, -0.2) is 33.5 Å². The van der Waals surface area contributed by atoms with Crippen molar-refractivity contribution in [3.8, 4) is 11.3 Å². The Morgan fingerprint density at radius 1 is 0.880 bits per heavy atom. The van der Waals surface area contributed by atoms with Crippen LogP contribution in [0.1, 0.15) is 43.4 Å². The van der Waals surface area contributed by atoms with Crippen LogP contribution in [0.2, 0.25) is 0 Å². The number of carbonyl (C=O) groups excluding carboxylic acids is 2. The number of benzene rings is 1. The maximum absolute atomic E-state index is 15.1.